The molecule has 0 radical (unpaired) electrons. The second-order valence-corrected chi connectivity index (χ2v) is 6.22. The minimum absolute atomic E-state index is 0.258. The predicted molar refractivity (Wildman–Crippen MR) is 92.2 cm³/mol. The molecule has 0 spiro atoms. The average molecular weight is 349 g/mol. The number of hydrogen-bond donors (Lipinski definition) is 1. The molecule has 1 aliphatic rings. The third-order valence-corrected chi connectivity index (χ3v) is 4.53. The molecule has 6 heteroatoms. The van der Waals surface area contributed by atoms with Gasteiger partial charge in [-0.1, -0.05) is 23.7 Å². The van der Waals surface area contributed by atoms with Gasteiger partial charge in [-0.3, -0.25) is 0 Å². The highest BCUT2D eigenvalue weighted by Gasteiger charge is 2.21. The van der Waals surface area contributed by atoms with Crippen LogP contribution in [0.25, 0.3) is 0 Å². The lowest BCUT2D eigenvalue weighted by Crippen LogP contribution is -2.36. The van der Waals surface area contributed by atoms with Crippen molar-refractivity contribution in [3.8, 4) is 5.75 Å². The maximum Gasteiger partial charge on any atom is 0.322 e. The molecule has 0 saturated heterocycles. The van der Waals surface area contributed by atoms with Crippen LogP contribution in [-0.4, -0.2) is 24.1 Å². The molecular formula is C18H18ClFN2O2. The van der Waals surface area contributed by atoms with Crippen LogP contribution in [0.1, 0.15) is 16.7 Å². The van der Waals surface area contributed by atoms with E-state index in [-0.39, 0.29) is 11.8 Å². The lowest BCUT2D eigenvalue weighted by molar-refractivity contribution is 0.200. The van der Waals surface area contributed by atoms with E-state index in [0.29, 0.717) is 36.2 Å². The van der Waals surface area contributed by atoms with Crippen LogP contribution in [0.5, 0.6) is 5.75 Å². The number of halogens is 2. The third kappa shape index (κ3) is 3.31. The van der Waals surface area contributed by atoms with Gasteiger partial charge in [0.2, 0.25) is 0 Å². The molecule has 0 aliphatic carbocycles. The van der Waals surface area contributed by atoms with Gasteiger partial charge in [-0.2, -0.15) is 0 Å². The molecule has 0 saturated carbocycles. The SMILES string of the molecule is Cc1ccc(Cl)c(NC(=O)N2CCOc3cc(F)ccc3C2)c1C. The lowest BCUT2D eigenvalue weighted by Gasteiger charge is -2.22. The second-order valence-electron chi connectivity index (χ2n) is 5.82. The summed E-state index contributed by atoms with van der Waals surface area (Å²) in [6, 6.07) is 7.78. The van der Waals surface area contributed by atoms with Crippen molar-refractivity contribution in [2.45, 2.75) is 20.4 Å². The number of fused-ring (bicyclic) bond motifs is 1. The van der Waals surface area contributed by atoms with Gasteiger partial charge < -0.3 is 15.0 Å². The first-order chi connectivity index (χ1) is 11.5. The Balaban J connectivity index is 1.81. The number of amides is 2. The number of benzene rings is 2. The monoisotopic (exact) mass is 348 g/mol. The highest BCUT2D eigenvalue weighted by Crippen LogP contribution is 2.29. The first-order valence-corrected chi connectivity index (χ1v) is 8.06. The van der Waals surface area contributed by atoms with Crippen molar-refractivity contribution in [1.29, 1.82) is 0 Å². The lowest BCUT2D eigenvalue weighted by atomic mass is 10.1. The zero-order valence-electron chi connectivity index (χ0n) is 13.5. The number of nitrogens with one attached hydrogen (secondary N) is 1. The molecule has 0 unspecified atom stereocenters. The van der Waals surface area contributed by atoms with E-state index in [1.54, 1.807) is 17.0 Å². The van der Waals surface area contributed by atoms with Crippen LogP contribution >= 0.6 is 11.6 Å². The minimum atomic E-state index is -0.353. The summed E-state index contributed by atoms with van der Waals surface area (Å²) >= 11 is 6.22. The molecule has 4 nitrogen and oxygen atoms in total. The highest BCUT2D eigenvalue weighted by molar-refractivity contribution is 6.34. The van der Waals surface area contributed by atoms with Gasteiger partial charge in [-0.15, -0.1) is 0 Å². The molecule has 1 N–H and O–H groups in total. The summed E-state index contributed by atoms with van der Waals surface area (Å²) in [5.41, 5.74) is 3.38. The summed E-state index contributed by atoms with van der Waals surface area (Å²) in [5.74, 6) is 0.129. The molecule has 0 aromatic heterocycles. The van der Waals surface area contributed by atoms with Crippen LogP contribution in [0.15, 0.2) is 30.3 Å². The molecule has 0 atom stereocenters. The molecule has 24 heavy (non-hydrogen) atoms. The maximum atomic E-state index is 13.3. The van der Waals surface area contributed by atoms with E-state index < -0.39 is 0 Å². The second kappa shape index (κ2) is 6.69. The molecule has 1 aliphatic heterocycles. The number of anilines is 1. The average Bonchev–Trinajstić information content (AvgIpc) is 2.77. The summed E-state index contributed by atoms with van der Waals surface area (Å²) in [5, 5.41) is 3.38. The van der Waals surface area contributed by atoms with Crippen molar-refractivity contribution in [3.05, 3.63) is 57.9 Å². The van der Waals surface area contributed by atoms with Crippen LogP contribution in [0, 0.1) is 19.7 Å². The Kier molecular flexibility index (Phi) is 4.62. The van der Waals surface area contributed by atoms with Crippen molar-refractivity contribution < 1.29 is 13.9 Å². The number of ether oxygens (including phenoxy) is 1. The van der Waals surface area contributed by atoms with Crippen molar-refractivity contribution in [3.63, 3.8) is 0 Å². The van der Waals surface area contributed by atoms with Crippen molar-refractivity contribution in [2.75, 3.05) is 18.5 Å². The number of rotatable bonds is 1. The Labute approximate surface area is 145 Å². The van der Waals surface area contributed by atoms with Gasteiger partial charge >= 0.3 is 6.03 Å². The largest absolute Gasteiger partial charge is 0.491 e. The van der Waals surface area contributed by atoms with Gasteiger partial charge in [-0.05, 0) is 37.1 Å². The standard InChI is InChI=1S/C18H18ClFN2O2/c1-11-3-6-15(19)17(12(11)2)21-18(23)22-7-8-24-16-9-14(20)5-4-13(16)10-22/h3-6,9H,7-8,10H2,1-2H3,(H,21,23). The number of aryl methyl sites for hydroxylation is 1. The van der Waals surface area contributed by atoms with Gasteiger partial charge in [0.15, 0.2) is 0 Å². The van der Waals surface area contributed by atoms with Crippen molar-refractivity contribution in [1.82, 2.24) is 4.90 Å². The fraction of sp³-hybridized carbons (Fsp3) is 0.278. The summed E-state index contributed by atoms with van der Waals surface area (Å²) in [6.45, 7) is 4.95. The number of nitrogens with zero attached hydrogens (tertiary/aromatic N) is 1. The Hall–Kier alpha value is -2.27. The fourth-order valence-electron chi connectivity index (χ4n) is 2.64. The number of hydrogen-bond acceptors (Lipinski definition) is 2. The van der Waals surface area contributed by atoms with Gasteiger partial charge in [0, 0.05) is 11.6 Å². The summed E-state index contributed by atoms with van der Waals surface area (Å²) < 4.78 is 18.8. The Morgan fingerprint density at radius 3 is 2.88 bits per heavy atom. The van der Waals surface area contributed by atoms with E-state index in [4.69, 9.17) is 16.3 Å². The molecule has 2 aromatic carbocycles. The highest BCUT2D eigenvalue weighted by atomic mass is 35.5. The molecule has 2 amide bonds. The zero-order valence-corrected chi connectivity index (χ0v) is 14.3. The third-order valence-electron chi connectivity index (χ3n) is 4.21. The Morgan fingerprint density at radius 2 is 2.08 bits per heavy atom. The molecule has 1 heterocycles. The molecule has 2 aromatic rings. The maximum absolute atomic E-state index is 13.3. The van der Waals surface area contributed by atoms with E-state index in [9.17, 15) is 9.18 Å². The van der Waals surface area contributed by atoms with Crippen LogP contribution in [0.2, 0.25) is 5.02 Å². The van der Waals surface area contributed by atoms with E-state index in [1.807, 2.05) is 19.9 Å². The summed E-state index contributed by atoms with van der Waals surface area (Å²) in [7, 11) is 0. The van der Waals surface area contributed by atoms with Crippen LogP contribution in [0.4, 0.5) is 14.9 Å². The van der Waals surface area contributed by atoms with Crippen LogP contribution in [0.3, 0.4) is 0 Å². The number of urea groups is 1. The molecule has 0 bridgehead atoms. The summed E-state index contributed by atoms with van der Waals surface area (Å²) in [6.07, 6.45) is 0. The molecule has 126 valence electrons. The first kappa shape index (κ1) is 16.6. The van der Waals surface area contributed by atoms with Crippen molar-refractivity contribution >= 4 is 23.3 Å². The molecular weight excluding hydrogens is 331 g/mol. The smallest absolute Gasteiger partial charge is 0.322 e. The minimum Gasteiger partial charge on any atom is -0.491 e. The van der Waals surface area contributed by atoms with Crippen LogP contribution in [-0.2, 0) is 6.54 Å². The molecule has 3 rings (SSSR count). The van der Waals surface area contributed by atoms with Gasteiger partial charge in [0.25, 0.3) is 0 Å². The van der Waals surface area contributed by atoms with Crippen LogP contribution < -0.4 is 10.1 Å². The predicted octanol–water partition coefficient (Wildman–Crippen LogP) is 4.52. The van der Waals surface area contributed by atoms with E-state index in [2.05, 4.69) is 5.32 Å². The zero-order chi connectivity index (χ0) is 17.3. The van der Waals surface area contributed by atoms with E-state index in [1.165, 1.54) is 12.1 Å². The van der Waals surface area contributed by atoms with E-state index in [0.717, 1.165) is 16.7 Å². The molecule has 0 fully saturated rings. The Bertz CT molecular complexity index is 795. The number of carbonyl (C=O) groups excluding carboxylic acids is 1. The van der Waals surface area contributed by atoms with Crippen molar-refractivity contribution in [2.24, 2.45) is 0 Å². The van der Waals surface area contributed by atoms with E-state index >= 15 is 0 Å². The van der Waals surface area contributed by atoms with Gasteiger partial charge in [-0.25, -0.2) is 9.18 Å². The quantitative estimate of drug-likeness (QED) is 0.823. The van der Waals surface area contributed by atoms with Gasteiger partial charge in [0.1, 0.15) is 18.2 Å². The summed E-state index contributed by atoms with van der Waals surface area (Å²) in [4.78, 5) is 14.3. The number of carbonyl (C=O) groups is 1. The Morgan fingerprint density at radius 1 is 1.29 bits per heavy atom. The normalized spacial score (nSPS) is 13.8. The fourth-order valence-corrected chi connectivity index (χ4v) is 2.89. The first-order valence-electron chi connectivity index (χ1n) is 7.68. The topological polar surface area (TPSA) is 41.6 Å². The van der Waals surface area contributed by atoms with Gasteiger partial charge in [0.05, 0.1) is 23.8 Å².